The number of ketones is 4. The predicted molar refractivity (Wildman–Crippen MR) is 95.0 cm³/mol. The van der Waals surface area contributed by atoms with Gasteiger partial charge in [0.2, 0.25) is 0 Å². The maximum absolute atomic E-state index is 12.8. The first-order valence-electron chi connectivity index (χ1n) is 9.43. The first kappa shape index (κ1) is 21.7. The van der Waals surface area contributed by atoms with Gasteiger partial charge in [-0.3, -0.25) is 19.2 Å². The van der Waals surface area contributed by atoms with Crippen LogP contribution in [0, 0.1) is 23.7 Å². The second kappa shape index (κ2) is 8.84. The molecule has 1 rings (SSSR count). The Labute approximate surface area is 150 Å². The standard InChI is InChI=1S/C20H32O5/c1-6-7-15(21)17-18(23)14(10-8-12(2)3)20(25,19(17)24)16(22)11-9-13(4)5/h12-14,17,25H,6-11H2,1-5H3/t14-,17?,20+/m0/s1. The molecular formula is C20H32O5. The highest BCUT2D eigenvalue weighted by molar-refractivity contribution is 6.33. The third-order valence-electron chi connectivity index (χ3n) is 5.00. The van der Waals surface area contributed by atoms with Crippen molar-refractivity contribution in [1.29, 1.82) is 0 Å². The van der Waals surface area contributed by atoms with Gasteiger partial charge in [-0.1, -0.05) is 41.0 Å². The molecule has 25 heavy (non-hydrogen) atoms. The number of carbonyl (C=O) groups is 4. The van der Waals surface area contributed by atoms with Crippen LogP contribution < -0.4 is 0 Å². The lowest BCUT2D eigenvalue weighted by atomic mass is 9.79. The molecule has 5 heteroatoms. The molecule has 0 aromatic heterocycles. The zero-order valence-corrected chi connectivity index (χ0v) is 16.1. The van der Waals surface area contributed by atoms with Gasteiger partial charge in [-0.2, -0.15) is 0 Å². The fourth-order valence-corrected chi connectivity index (χ4v) is 3.42. The normalized spacial score (nSPS) is 26.7. The fourth-order valence-electron chi connectivity index (χ4n) is 3.42. The molecule has 0 bridgehead atoms. The Morgan fingerprint density at radius 2 is 1.60 bits per heavy atom. The van der Waals surface area contributed by atoms with E-state index in [2.05, 4.69) is 0 Å². The molecule has 1 N–H and O–H groups in total. The first-order valence-corrected chi connectivity index (χ1v) is 9.43. The molecule has 1 saturated carbocycles. The third kappa shape index (κ3) is 4.63. The van der Waals surface area contributed by atoms with Gasteiger partial charge >= 0.3 is 0 Å². The van der Waals surface area contributed by atoms with Crippen molar-refractivity contribution < 1.29 is 24.3 Å². The molecule has 1 unspecified atom stereocenters. The lowest BCUT2D eigenvalue weighted by Crippen LogP contribution is -2.50. The topological polar surface area (TPSA) is 88.5 Å². The average Bonchev–Trinajstić information content (AvgIpc) is 2.70. The van der Waals surface area contributed by atoms with E-state index in [0.29, 0.717) is 19.3 Å². The first-order chi connectivity index (χ1) is 11.6. The smallest absolute Gasteiger partial charge is 0.192 e. The van der Waals surface area contributed by atoms with Gasteiger partial charge in [0.05, 0.1) is 5.92 Å². The summed E-state index contributed by atoms with van der Waals surface area (Å²) >= 11 is 0. The maximum Gasteiger partial charge on any atom is 0.192 e. The summed E-state index contributed by atoms with van der Waals surface area (Å²) in [5, 5.41) is 11.0. The van der Waals surface area contributed by atoms with Gasteiger partial charge < -0.3 is 5.11 Å². The maximum atomic E-state index is 12.8. The fraction of sp³-hybridized carbons (Fsp3) is 0.800. The predicted octanol–water partition coefficient (Wildman–Crippen LogP) is 2.91. The quantitative estimate of drug-likeness (QED) is 0.611. The second-order valence-corrected chi connectivity index (χ2v) is 8.06. The van der Waals surface area contributed by atoms with Gasteiger partial charge in [-0.25, -0.2) is 0 Å². The number of hydrogen-bond donors (Lipinski definition) is 1. The van der Waals surface area contributed by atoms with E-state index in [9.17, 15) is 24.3 Å². The van der Waals surface area contributed by atoms with Crippen molar-refractivity contribution in [2.24, 2.45) is 23.7 Å². The molecule has 0 amide bonds. The van der Waals surface area contributed by atoms with E-state index in [1.54, 1.807) is 6.92 Å². The monoisotopic (exact) mass is 352 g/mol. The van der Waals surface area contributed by atoms with E-state index in [4.69, 9.17) is 0 Å². The van der Waals surface area contributed by atoms with Crippen LogP contribution >= 0.6 is 0 Å². The Kier molecular flexibility index (Phi) is 7.66. The van der Waals surface area contributed by atoms with Crippen LogP contribution in [0.5, 0.6) is 0 Å². The van der Waals surface area contributed by atoms with Crippen LogP contribution in [0.2, 0.25) is 0 Å². The molecule has 0 aromatic rings. The molecule has 1 aliphatic rings. The highest BCUT2D eigenvalue weighted by Crippen LogP contribution is 2.40. The molecule has 1 aliphatic carbocycles. The number of hydrogen-bond acceptors (Lipinski definition) is 5. The van der Waals surface area contributed by atoms with Crippen molar-refractivity contribution in [2.45, 2.75) is 78.7 Å². The van der Waals surface area contributed by atoms with E-state index < -0.39 is 40.6 Å². The van der Waals surface area contributed by atoms with E-state index in [0.717, 1.165) is 0 Å². The zero-order valence-electron chi connectivity index (χ0n) is 16.1. The molecule has 0 radical (unpaired) electrons. The molecule has 0 heterocycles. The molecule has 0 saturated heterocycles. The van der Waals surface area contributed by atoms with Crippen molar-refractivity contribution in [3.63, 3.8) is 0 Å². The molecule has 0 aromatic carbocycles. The summed E-state index contributed by atoms with van der Waals surface area (Å²) in [7, 11) is 0. The van der Waals surface area contributed by atoms with Crippen LogP contribution in [0.1, 0.15) is 73.1 Å². The number of aliphatic hydroxyl groups is 1. The zero-order chi connectivity index (χ0) is 19.4. The SMILES string of the molecule is CCCC(=O)C1C(=O)[C@H](CCC(C)C)[C@@](O)(C(=O)CCC(C)C)C1=O. The van der Waals surface area contributed by atoms with Gasteiger partial charge in [-0.15, -0.1) is 0 Å². The van der Waals surface area contributed by atoms with Crippen LogP contribution in [0.15, 0.2) is 0 Å². The Hall–Kier alpha value is -1.36. The molecular weight excluding hydrogens is 320 g/mol. The van der Waals surface area contributed by atoms with Gasteiger partial charge in [0, 0.05) is 12.8 Å². The van der Waals surface area contributed by atoms with Crippen LogP contribution in [-0.4, -0.2) is 33.8 Å². The summed E-state index contributed by atoms with van der Waals surface area (Å²) in [5.74, 6) is -4.59. The molecule has 0 aliphatic heterocycles. The summed E-state index contributed by atoms with van der Waals surface area (Å²) < 4.78 is 0. The van der Waals surface area contributed by atoms with E-state index in [1.165, 1.54) is 0 Å². The Bertz CT molecular complexity index is 534. The van der Waals surface area contributed by atoms with Crippen molar-refractivity contribution in [3.8, 4) is 0 Å². The third-order valence-corrected chi connectivity index (χ3v) is 5.00. The lowest BCUT2D eigenvalue weighted by Gasteiger charge is -2.26. The minimum Gasteiger partial charge on any atom is -0.374 e. The summed E-state index contributed by atoms with van der Waals surface area (Å²) in [5.41, 5.74) is -2.32. The Balaban J connectivity index is 3.18. The summed E-state index contributed by atoms with van der Waals surface area (Å²) in [6.07, 6.45) is 2.06. The molecule has 3 atom stereocenters. The molecule has 1 fully saturated rings. The minimum atomic E-state index is -2.32. The van der Waals surface area contributed by atoms with Crippen LogP contribution in [0.3, 0.4) is 0 Å². The summed E-state index contributed by atoms with van der Waals surface area (Å²) in [4.78, 5) is 50.5. The Morgan fingerprint density at radius 1 is 1.04 bits per heavy atom. The van der Waals surface area contributed by atoms with Gasteiger partial charge in [-0.05, 0) is 31.1 Å². The summed E-state index contributed by atoms with van der Waals surface area (Å²) in [6.45, 7) is 9.63. The molecule has 0 spiro atoms. The van der Waals surface area contributed by atoms with E-state index in [-0.39, 0.29) is 31.1 Å². The van der Waals surface area contributed by atoms with Crippen molar-refractivity contribution in [1.82, 2.24) is 0 Å². The number of rotatable bonds is 10. The van der Waals surface area contributed by atoms with Crippen LogP contribution in [-0.2, 0) is 19.2 Å². The number of carbonyl (C=O) groups excluding carboxylic acids is 4. The average molecular weight is 352 g/mol. The van der Waals surface area contributed by atoms with Gasteiger partial charge in [0.1, 0.15) is 5.92 Å². The highest BCUT2D eigenvalue weighted by atomic mass is 16.3. The van der Waals surface area contributed by atoms with Crippen molar-refractivity contribution >= 4 is 23.1 Å². The number of Topliss-reactive ketones (excluding diaryl/α,β-unsaturated/α-hetero) is 4. The molecule has 5 nitrogen and oxygen atoms in total. The largest absolute Gasteiger partial charge is 0.374 e. The lowest BCUT2D eigenvalue weighted by molar-refractivity contribution is -0.154. The van der Waals surface area contributed by atoms with E-state index in [1.807, 2.05) is 27.7 Å². The molecule has 142 valence electrons. The van der Waals surface area contributed by atoms with Crippen molar-refractivity contribution in [2.75, 3.05) is 0 Å². The Morgan fingerprint density at radius 3 is 2.08 bits per heavy atom. The van der Waals surface area contributed by atoms with E-state index >= 15 is 0 Å². The minimum absolute atomic E-state index is 0.0417. The van der Waals surface area contributed by atoms with Crippen LogP contribution in [0.4, 0.5) is 0 Å². The summed E-state index contributed by atoms with van der Waals surface area (Å²) in [6, 6.07) is 0. The van der Waals surface area contributed by atoms with Gasteiger partial charge in [0.15, 0.2) is 28.7 Å². The van der Waals surface area contributed by atoms with Crippen LogP contribution in [0.25, 0.3) is 0 Å². The van der Waals surface area contributed by atoms with Crippen molar-refractivity contribution in [3.05, 3.63) is 0 Å². The van der Waals surface area contributed by atoms with Gasteiger partial charge in [0.25, 0.3) is 0 Å². The highest BCUT2D eigenvalue weighted by Gasteiger charge is 2.64. The second-order valence-electron chi connectivity index (χ2n) is 8.06.